The number of benzene rings is 3. The standard InChI is InChI=1S/C23H19ClN4O4/c1-13-9-18-19(27-28(26-18)15-4-6-20(30-2)16(24)11-15)12-17(13)25-23(29)14-3-5-21-22(10-14)32-8-7-31-21/h3-6,9-12H,7-8H2,1-2H3,(H,25,29). The van der Waals surface area contributed by atoms with Crippen LogP contribution in [0.3, 0.4) is 0 Å². The fourth-order valence-electron chi connectivity index (χ4n) is 3.48. The van der Waals surface area contributed by atoms with Crippen LogP contribution < -0.4 is 19.5 Å². The van der Waals surface area contributed by atoms with Crippen molar-refractivity contribution in [2.24, 2.45) is 0 Å². The number of ether oxygens (including phenoxy) is 3. The Morgan fingerprint density at radius 1 is 1.03 bits per heavy atom. The van der Waals surface area contributed by atoms with E-state index in [1.165, 1.54) is 4.80 Å². The summed E-state index contributed by atoms with van der Waals surface area (Å²) in [4.78, 5) is 14.3. The molecule has 1 aromatic heterocycles. The van der Waals surface area contributed by atoms with E-state index < -0.39 is 0 Å². The summed E-state index contributed by atoms with van der Waals surface area (Å²) in [6, 6.07) is 14.1. The highest BCUT2D eigenvalue weighted by Gasteiger charge is 2.17. The Morgan fingerprint density at radius 2 is 1.78 bits per heavy atom. The van der Waals surface area contributed by atoms with Crippen LogP contribution in [-0.4, -0.2) is 41.2 Å². The van der Waals surface area contributed by atoms with Gasteiger partial charge in [0, 0.05) is 11.3 Å². The number of carbonyl (C=O) groups is 1. The summed E-state index contributed by atoms with van der Waals surface area (Å²) in [6.45, 7) is 2.87. The fraction of sp³-hybridized carbons (Fsp3) is 0.174. The van der Waals surface area contributed by atoms with Crippen molar-refractivity contribution in [3.05, 3.63) is 64.7 Å². The molecule has 32 heavy (non-hydrogen) atoms. The number of hydrogen-bond donors (Lipinski definition) is 1. The van der Waals surface area contributed by atoms with Gasteiger partial charge >= 0.3 is 0 Å². The summed E-state index contributed by atoms with van der Waals surface area (Å²) >= 11 is 6.23. The van der Waals surface area contributed by atoms with Crippen LogP contribution in [0.5, 0.6) is 17.2 Å². The van der Waals surface area contributed by atoms with E-state index in [1.54, 1.807) is 43.5 Å². The number of fused-ring (bicyclic) bond motifs is 2. The van der Waals surface area contributed by atoms with Crippen LogP contribution in [0.2, 0.25) is 5.02 Å². The highest BCUT2D eigenvalue weighted by Crippen LogP contribution is 2.31. The summed E-state index contributed by atoms with van der Waals surface area (Å²) in [6.07, 6.45) is 0. The predicted molar refractivity (Wildman–Crippen MR) is 121 cm³/mol. The predicted octanol–water partition coefficient (Wildman–Crippen LogP) is 4.41. The van der Waals surface area contributed by atoms with E-state index in [2.05, 4.69) is 15.5 Å². The number of amides is 1. The Kier molecular flexibility index (Phi) is 5.07. The van der Waals surface area contributed by atoms with Crippen LogP contribution in [-0.2, 0) is 0 Å². The van der Waals surface area contributed by atoms with E-state index in [0.29, 0.717) is 63.5 Å². The van der Waals surface area contributed by atoms with Gasteiger partial charge in [-0.2, -0.15) is 4.80 Å². The molecule has 0 saturated carbocycles. The van der Waals surface area contributed by atoms with Crippen molar-refractivity contribution < 1.29 is 19.0 Å². The first-order valence-corrected chi connectivity index (χ1v) is 10.3. The quantitative estimate of drug-likeness (QED) is 0.495. The topological polar surface area (TPSA) is 87.5 Å². The van der Waals surface area contributed by atoms with Crippen LogP contribution in [0.15, 0.2) is 48.5 Å². The molecule has 0 spiro atoms. The van der Waals surface area contributed by atoms with E-state index in [0.717, 1.165) is 5.56 Å². The van der Waals surface area contributed by atoms with Crippen molar-refractivity contribution in [2.45, 2.75) is 6.92 Å². The first-order chi connectivity index (χ1) is 15.5. The zero-order chi connectivity index (χ0) is 22.2. The molecule has 0 radical (unpaired) electrons. The molecule has 0 fully saturated rings. The number of halogens is 1. The number of methoxy groups -OCH3 is 1. The molecular formula is C23H19ClN4O4. The van der Waals surface area contributed by atoms with E-state index in [-0.39, 0.29) is 5.91 Å². The Balaban J connectivity index is 1.43. The molecule has 9 heteroatoms. The van der Waals surface area contributed by atoms with Crippen molar-refractivity contribution in [1.29, 1.82) is 0 Å². The molecule has 1 amide bonds. The number of nitrogens with zero attached hydrogens (tertiary/aromatic N) is 3. The molecule has 0 atom stereocenters. The second-order valence-electron chi connectivity index (χ2n) is 7.28. The Hall–Kier alpha value is -3.78. The van der Waals surface area contributed by atoms with Crippen molar-refractivity contribution in [1.82, 2.24) is 15.0 Å². The molecule has 162 valence electrons. The number of nitrogens with one attached hydrogen (secondary N) is 1. The molecular weight excluding hydrogens is 432 g/mol. The van der Waals surface area contributed by atoms with E-state index >= 15 is 0 Å². The molecule has 2 heterocycles. The van der Waals surface area contributed by atoms with Crippen LogP contribution in [0.1, 0.15) is 15.9 Å². The van der Waals surface area contributed by atoms with Gasteiger partial charge in [-0.15, -0.1) is 10.2 Å². The maximum Gasteiger partial charge on any atom is 0.255 e. The molecule has 0 unspecified atom stereocenters. The van der Waals surface area contributed by atoms with Crippen molar-refractivity contribution in [3.63, 3.8) is 0 Å². The van der Waals surface area contributed by atoms with Gasteiger partial charge in [-0.05, 0) is 61.0 Å². The molecule has 8 nitrogen and oxygen atoms in total. The number of rotatable bonds is 4. The Bertz CT molecular complexity index is 1350. The van der Waals surface area contributed by atoms with Gasteiger partial charge in [0.15, 0.2) is 11.5 Å². The lowest BCUT2D eigenvalue weighted by Gasteiger charge is -2.18. The molecule has 5 rings (SSSR count). The van der Waals surface area contributed by atoms with Crippen LogP contribution in [0.25, 0.3) is 16.7 Å². The van der Waals surface area contributed by atoms with E-state index in [9.17, 15) is 4.79 Å². The van der Waals surface area contributed by atoms with Gasteiger partial charge in [-0.25, -0.2) is 0 Å². The van der Waals surface area contributed by atoms with E-state index in [1.807, 2.05) is 19.1 Å². The first kappa shape index (κ1) is 20.1. The number of carbonyl (C=O) groups excluding carboxylic acids is 1. The van der Waals surface area contributed by atoms with Gasteiger partial charge in [-0.1, -0.05) is 11.6 Å². The monoisotopic (exact) mass is 450 g/mol. The number of hydrogen-bond acceptors (Lipinski definition) is 6. The van der Waals surface area contributed by atoms with Gasteiger partial charge in [0.25, 0.3) is 5.91 Å². The molecule has 4 aromatic rings. The lowest BCUT2D eigenvalue weighted by Crippen LogP contribution is -2.17. The van der Waals surface area contributed by atoms with Crippen molar-refractivity contribution in [2.75, 3.05) is 25.6 Å². The number of aryl methyl sites for hydroxylation is 1. The normalized spacial score (nSPS) is 12.6. The summed E-state index contributed by atoms with van der Waals surface area (Å²) in [5, 5.41) is 12.5. The third kappa shape index (κ3) is 3.69. The highest BCUT2D eigenvalue weighted by atomic mass is 35.5. The second kappa shape index (κ2) is 8.05. The van der Waals surface area contributed by atoms with Gasteiger partial charge in [-0.3, -0.25) is 4.79 Å². The summed E-state index contributed by atoms with van der Waals surface area (Å²) < 4.78 is 16.3. The third-order valence-corrected chi connectivity index (χ3v) is 5.44. The third-order valence-electron chi connectivity index (χ3n) is 5.15. The van der Waals surface area contributed by atoms with Gasteiger partial charge in [0.1, 0.15) is 30.0 Å². The van der Waals surface area contributed by atoms with Gasteiger partial charge < -0.3 is 19.5 Å². The average molecular weight is 451 g/mol. The minimum absolute atomic E-state index is 0.251. The summed E-state index contributed by atoms with van der Waals surface area (Å²) in [7, 11) is 1.56. The van der Waals surface area contributed by atoms with Gasteiger partial charge in [0.05, 0.1) is 17.8 Å². The van der Waals surface area contributed by atoms with Crippen molar-refractivity contribution >= 4 is 34.2 Å². The minimum Gasteiger partial charge on any atom is -0.495 e. The smallest absolute Gasteiger partial charge is 0.255 e. The number of aromatic nitrogens is 3. The van der Waals surface area contributed by atoms with Crippen LogP contribution in [0.4, 0.5) is 5.69 Å². The Morgan fingerprint density at radius 3 is 2.53 bits per heavy atom. The summed E-state index contributed by atoms with van der Waals surface area (Å²) in [5.74, 6) is 1.53. The SMILES string of the molecule is COc1ccc(-n2nc3cc(C)c(NC(=O)c4ccc5c(c4)OCCO5)cc3n2)cc1Cl. The maximum absolute atomic E-state index is 12.8. The minimum atomic E-state index is -0.251. The lowest BCUT2D eigenvalue weighted by molar-refractivity contribution is 0.102. The molecule has 0 aliphatic carbocycles. The largest absolute Gasteiger partial charge is 0.495 e. The maximum atomic E-state index is 12.8. The average Bonchev–Trinajstić information content (AvgIpc) is 3.21. The summed E-state index contributed by atoms with van der Waals surface area (Å²) in [5.41, 5.74) is 4.03. The molecule has 1 aliphatic heterocycles. The molecule has 3 aromatic carbocycles. The molecule has 1 N–H and O–H groups in total. The lowest BCUT2D eigenvalue weighted by atomic mass is 10.1. The highest BCUT2D eigenvalue weighted by molar-refractivity contribution is 6.32. The first-order valence-electron chi connectivity index (χ1n) is 9.94. The van der Waals surface area contributed by atoms with Crippen molar-refractivity contribution in [3.8, 4) is 22.9 Å². The Labute approximate surface area is 188 Å². The number of anilines is 1. The molecule has 1 aliphatic rings. The second-order valence-corrected chi connectivity index (χ2v) is 7.68. The molecule has 0 bridgehead atoms. The van der Waals surface area contributed by atoms with Crippen LogP contribution in [0, 0.1) is 6.92 Å². The van der Waals surface area contributed by atoms with Crippen LogP contribution >= 0.6 is 11.6 Å². The zero-order valence-electron chi connectivity index (χ0n) is 17.4. The molecule has 0 saturated heterocycles. The fourth-order valence-corrected chi connectivity index (χ4v) is 3.73. The van der Waals surface area contributed by atoms with E-state index in [4.69, 9.17) is 25.8 Å². The zero-order valence-corrected chi connectivity index (χ0v) is 18.1. The van der Waals surface area contributed by atoms with Gasteiger partial charge in [0.2, 0.25) is 0 Å².